The van der Waals surface area contributed by atoms with E-state index in [-0.39, 0.29) is 5.91 Å². The van der Waals surface area contributed by atoms with Crippen molar-refractivity contribution in [3.8, 4) is 0 Å². The third-order valence-corrected chi connectivity index (χ3v) is 1.05. The van der Waals surface area contributed by atoms with E-state index in [1.165, 1.54) is 6.92 Å². The van der Waals surface area contributed by atoms with E-state index in [9.17, 15) is 4.79 Å². The maximum atomic E-state index is 10.3. The van der Waals surface area contributed by atoms with Gasteiger partial charge in [0, 0.05) is 13.5 Å². The second-order valence-electron chi connectivity index (χ2n) is 2.04. The first kappa shape index (κ1) is 8.34. The highest BCUT2D eigenvalue weighted by atomic mass is 16.1. The summed E-state index contributed by atoms with van der Waals surface area (Å²) in [4.78, 5) is 10.3. The van der Waals surface area contributed by atoms with Gasteiger partial charge in [-0.2, -0.15) is 0 Å². The fourth-order valence-corrected chi connectivity index (χ4v) is 0.566. The summed E-state index contributed by atoms with van der Waals surface area (Å²) in [6, 6.07) is 0. The molecule has 0 fully saturated rings. The monoisotopic (exact) mass is 128 g/mol. The Labute approximate surface area is 56.6 Å². The van der Waals surface area contributed by atoms with Gasteiger partial charge < -0.3 is 5.32 Å². The van der Waals surface area contributed by atoms with Crippen LogP contribution in [0.5, 0.6) is 0 Å². The van der Waals surface area contributed by atoms with Crippen molar-refractivity contribution in [2.75, 3.05) is 6.54 Å². The molecule has 0 aromatic rings. The molecule has 0 unspecified atom stereocenters. The Bertz CT molecular complexity index is 81.0. The number of hydrogen-bond acceptors (Lipinski definition) is 1. The minimum atomic E-state index is 0.0547. The van der Waals surface area contributed by atoms with Crippen LogP contribution in [0.25, 0.3) is 0 Å². The number of carbonyl (C=O) groups is 1. The van der Waals surface area contributed by atoms with Crippen molar-refractivity contribution < 1.29 is 4.79 Å². The quantitative estimate of drug-likeness (QED) is 0.446. The molecule has 0 saturated heterocycles. The highest BCUT2D eigenvalue weighted by Gasteiger charge is 1.89. The van der Waals surface area contributed by atoms with E-state index >= 15 is 0 Å². The van der Waals surface area contributed by atoms with Crippen molar-refractivity contribution in [1.82, 2.24) is 5.32 Å². The van der Waals surface area contributed by atoms with Gasteiger partial charge in [-0.1, -0.05) is 0 Å². The first-order valence-corrected chi connectivity index (χ1v) is 3.31. The molecule has 0 aliphatic heterocycles. The summed E-state index contributed by atoms with van der Waals surface area (Å²) < 4.78 is 0. The summed E-state index contributed by atoms with van der Waals surface area (Å²) in [5.74, 6) is 0.0547. The summed E-state index contributed by atoms with van der Waals surface area (Å²) in [5.41, 5.74) is 0. The van der Waals surface area contributed by atoms with Crippen molar-refractivity contribution in [2.24, 2.45) is 0 Å². The van der Waals surface area contributed by atoms with E-state index in [4.69, 9.17) is 0 Å². The maximum Gasteiger partial charge on any atom is 0.216 e. The Kier molecular flexibility index (Phi) is 5.07. The predicted molar refractivity (Wildman–Crippen MR) is 37.9 cm³/mol. The van der Waals surface area contributed by atoms with Crippen LogP contribution in [0.2, 0.25) is 0 Å². The van der Waals surface area contributed by atoms with Crippen LogP contribution < -0.4 is 5.32 Å². The molecule has 52 valence electrons. The molecular weight excluding hydrogens is 114 g/mol. The average Bonchev–Trinajstić information content (AvgIpc) is 1.80. The molecule has 0 heterocycles. The van der Waals surface area contributed by atoms with Crippen molar-refractivity contribution in [1.29, 1.82) is 0 Å². The number of rotatable bonds is 4. The Balaban J connectivity index is 2.83. The number of nitrogens with one attached hydrogen (secondary N) is 1. The minimum Gasteiger partial charge on any atom is -0.356 e. The van der Waals surface area contributed by atoms with Crippen LogP contribution in [0, 0.1) is 6.92 Å². The number of unbranched alkanes of at least 4 members (excludes halogenated alkanes) is 2. The van der Waals surface area contributed by atoms with Crippen molar-refractivity contribution in [2.45, 2.75) is 26.2 Å². The van der Waals surface area contributed by atoms with Crippen LogP contribution in [0.15, 0.2) is 0 Å². The molecule has 1 N–H and O–H groups in total. The summed E-state index contributed by atoms with van der Waals surface area (Å²) in [6.45, 7) is 6.02. The molecule has 2 nitrogen and oxygen atoms in total. The molecule has 0 atom stereocenters. The molecule has 0 spiro atoms. The third kappa shape index (κ3) is 7.34. The van der Waals surface area contributed by atoms with Gasteiger partial charge in [0.05, 0.1) is 13.3 Å². The van der Waals surface area contributed by atoms with Gasteiger partial charge in [0.15, 0.2) is 0 Å². The molecular formula is C7H14NO+. The summed E-state index contributed by atoms with van der Waals surface area (Å²) in [6.07, 6.45) is 3.10. The van der Waals surface area contributed by atoms with E-state index in [2.05, 4.69) is 12.2 Å². The molecule has 9 heavy (non-hydrogen) atoms. The SMILES string of the molecule is [CH2+]CCCCNC(C)=O. The van der Waals surface area contributed by atoms with Gasteiger partial charge in [-0.3, -0.25) is 4.79 Å². The largest absolute Gasteiger partial charge is 0.356 e. The minimum absolute atomic E-state index is 0.0547. The van der Waals surface area contributed by atoms with Gasteiger partial charge in [0.2, 0.25) is 5.91 Å². The summed E-state index contributed by atoms with van der Waals surface area (Å²) in [7, 11) is 0. The van der Waals surface area contributed by atoms with Crippen LogP contribution in [0.1, 0.15) is 26.2 Å². The highest BCUT2D eigenvalue weighted by molar-refractivity contribution is 5.72. The Morgan fingerprint density at radius 3 is 2.67 bits per heavy atom. The van der Waals surface area contributed by atoms with E-state index in [0.717, 1.165) is 25.8 Å². The molecule has 0 aliphatic rings. The highest BCUT2D eigenvalue weighted by Crippen LogP contribution is 1.89. The zero-order valence-corrected chi connectivity index (χ0v) is 5.94. The Morgan fingerprint density at radius 1 is 1.56 bits per heavy atom. The number of hydrogen-bond donors (Lipinski definition) is 1. The van der Waals surface area contributed by atoms with Gasteiger partial charge in [-0.25, -0.2) is 0 Å². The summed E-state index contributed by atoms with van der Waals surface area (Å²) in [5, 5.41) is 2.71. The molecule has 0 aromatic carbocycles. The van der Waals surface area contributed by atoms with E-state index in [1.807, 2.05) is 0 Å². The fourth-order valence-electron chi connectivity index (χ4n) is 0.566. The fraction of sp³-hybridized carbons (Fsp3) is 0.714. The van der Waals surface area contributed by atoms with E-state index < -0.39 is 0 Å². The second-order valence-corrected chi connectivity index (χ2v) is 2.04. The van der Waals surface area contributed by atoms with Gasteiger partial charge in [0.1, 0.15) is 0 Å². The average molecular weight is 128 g/mol. The van der Waals surface area contributed by atoms with Crippen molar-refractivity contribution in [3.05, 3.63) is 6.92 Å². The van der Waals surface area contributed by atoms with Crippen LogP contribution >= 0.6 is 0 Å². The van der Waals surface area contributed by atoms with Crippen molar-refractivity contribution in [3.63, 3.8) is 0 Å². The molecule has 2 heteroatoms. The van der Waals surface area contributed by atoms with Crippen LogP contribution in [0.3, 0.4) is 0 Å². The molecule has 0 aliphatic carbocycles. The van der Waals surface area contributed by atoms with E-state index in [0.29, 0.717) is 0 Å². The Hall–Kier alpha value is -0.660. The Morgan fingerprint density at radius 2 is 2.22 bits per heavy atom. The first-order chi connectivity index (χ1) is 4.27. The number of carbonyl (C=O) groups excluding carboxylic acids is 1. The molecule has 0 bridgehead atoms. The lowest BCUT2D eigenvalue weighted by molar-refractivity contribution is -0.118. The molecule has 0 saturated carbocycles. The third-order valence-electron chi connectivity index (χ3n) is 1.05. The standard InChI is InChI=1S/C7H13NO/c1-3-4-5-6-8-7(2)9/h1,3-6H2,2H3/p+1. The van der Waals surface area contributed by atoms with Gasteiger partial charge in [-0.15, -0.1) is 0 Å². The maximum absolute atomic E-state index is 10.3. The van der Waals surface area contributed by atoms with Crippen LogP contribution in [0.4, 0.5) is 0 Å². The topological polar surface area (TPSA) is 29.1 Å². The summed E-state index contributed by atoms with van der Waals surface area (Å²) >= 11 is 0. The number of amides is 1. The molecule has 0 aromatic heterocycles. The first-order valence-electron chi connectivity index (χ1n) is 3.31. The zero-order valence-electron chi connectivity index (χ0n) is 5.94. The lowest BCUT2D eigenvalue weighted by Crippen LogP contribution is -2.20. The molecule has 0 radical (unpaired) electrons. The second kappa shape index (κ2) is 5.48. The van der Waals surface area contributed by atoms with Crippen LogP contribution in [-0.4, -0.2) is 12.5 Å². The zero-order chi connectivity index (χ0) is 7.11. The smallest absolute Gasteiger partial charge is 0.216 e. The predicted octanol–water partition coefficient (Wildman–Crippen LogP) is 1.13. The molecule has 0 rings (SSSR count). The van der Waals surface area contributed by atoms with Gasteiger partial charge in [-0.05, 0) is 12.8 Å². The lowest BCUT2D eigenvalue weighted by Gasteiger charge is -1.96. The van der Waals surface area contributed by atoms with Crippen molar-refractivity contribution >= 4 is 5.91 Å². The molecule has 1 amide bonds. The van der Waals surface area contributed by atoms with Gasteiger partial charge >= 0.3 is 0 Å². The van der Waals surface area contributed by atoms with Gasteiger partial charge in [0.25, 0.3) is 0 Å². The van der Waals surface area contributed by atoms with Crippen LogP contribution in [-0.2, 0) is 4.79 Å². The normalized spacial score (nSPS) is 9.00. The lowest BCUT2D eigenvalue weighted by atomic mass is 10.2. The van der Waals surface area contributed by atoms with E-state index in [1.54, 1.807) is 0 Å².